The average molecular weight is 225 g/mol. The van der Waals surface area contributed by atoms with Crippen LogP contribution in [0.15, 0.2) is 24.3 Å². The SMILES string of the molecule is CCNCCNC(=O)Nc1ccccc1F. The molecule has 4 nitrogen and oxygen atoms in total. The summed E-state index contributed by atoms with van der Waals surface area (Å²) in [5.74, 6) is -0.440. The second-order valence-corrected chi connectivity index (χ2v) is 3.21. The van der Waals surface area contributed by atoms with Gasteiger partial charge in [-0.3, -0.25) is 0 Å². The average Bonchev–Trinajstić information content (AvgIpc) is 2.28. The number of benzene rings is 1. The van der Waals surface area contributed by atoms with Crippen LogP contribution in [0.25, 0.3) is 0 Å². The molecule has 0 saturated carbocycles. The third-order valence-electron chi connectivity index (χ3n) is 1.96. The van der Waals surface area contributed by atoms with Crippen molar-refractivity contribution in [2.24, 2.45) is 0 Å². The summed E-state index contributed by atoms with van der Waals surface area (Å²) < 4.78 is 13.1. The fourth-order valence-electron chi connectivity index (χ4n) is 1.17. The van der Waals surface area contributed by atoms with Gasteiger partial charge in [0, 0.05) is 13.1 Å². The van der Waals surface area contributed by atoms with Gasteiger partial charge < -0.3 is 16.0 Å². The fourth-order valence-corrected chi connectivity index (χ4v) is 1.17. The Morgan fingerprint density at radius 2 is 2.06 bits per heavy atom. The second kappa shape index (κ2) is 6.79. The predicted molar refractivity (Wildman–Crippen MR) is 62.0 cm³/mol. The molecule has 88 valence electrons. The predicted octanol–water partition coefficient (Wildman–Crippen LogP) is 1.56. The van der Waals surface area contributed by atoms with Gasteiger partial charge in [0.15, 0.2) is 0 Å². The van der Waals surface area contributed by atoms with Crippen LogP contribution in [0.2, 0.25) is 0 Å². The van der Waals surface area contributed by atoms with Crippen molar-refractivity contribution in [1.82, 2.24) is 10.6 Å². The van der Waals surface area contributed by atoms with Crippen LogP contribution < -0.4 is 16.0 Å². The summed E-state index contributed by atoms with van der Waals surface area (Å²) in [6, 6.07) is 5.65. The summed E-state index contributed by atoms with van der Waals surface area (Å²) >= 11 is 0. The van der Waals surface area contributed by atoms with E-state index in [0.717, 1.165) is 6.54 Å². The number of para-hydroxylation sites is 1. The van der Waals surface area contributed by atoms with E-state index >= 15 is 0 Å². The van der Waals surface area contributed by atoms with E-state index in [2.05, 4.69) is 16.0 Å². The highest BCUT2D eigenvalue weighted by atomic mass is 19.1. The van der Waals surface area contributed by atoms with E-state index < -0.39 is 11.8 Å². The molecule has 3 N–H and O–H groups in total. The zero-order valence-electron chi connectivity index (χ0n) is 9.22. The molecule has 1 rings (SSSR count). The molecule has 0 radical (unpaired) electrons. The van der Waals surface area contributed by atoms with Crippen LogP contribution >= 0.6 is 0 Å². The van der Waals surface area contributed by atoms with Gasteiger partial charge in [0.2, 0.25) is 0 Å². The highest BCUT2D eigenvalue weighted by Gasteiger charge is 2.04. The Balaban J connectivity index is 2.32. The molecule has 1 aromatic carbocycles. The molecule has 0 saturated heterocycles. The fraction of sp³-hybridized carbons (Fsp3) is 0.364. The number of carbonyl (C=O) groups excluding carboxylic acids is 1. The third kappa shape index (κ3) is 4.27. The van der Waals surface area contributed by atoms with Gasteiger partial charge >= 0.3 is 6.03 Å². The first-order valence-corrected chi connectivity index (χ1v) is 5.24. The number of urea groups is 1. The van der Waals surface area contributed by atoms with E-state index in [9.17, 15) is 9.18 Å². The molecule has 0 heterocycles. The molecule has 1 aromatic rings. The molecule has 0 fully saturated rings. The van der Waals surface area contributed by atoms with Crippen molar-refractivity contribution in [1.29, 1.82) is 0 Å². The largest absolute Gasteiger partial charge is 0.337 e. The second-order valence-electron chi connectivity index (χ2n) is 3.21. The zero-order valence-corrected chi connectivity index (χ0v) is 9.22. The van der Waals surface area contributed by atoms with E-state index in [1.54, 1.807) is 12.1 Å². The van der Waals surface area contributed by atoms with Crippen molar-refractivity contribution in [3.05, 3.63) is 30.1 Å². The van der Waals surface area contributed by atoms with E-state index in [1.165, 1.54) is 12.1 Å². The molecule has 0 atom stereocenters. The number of hydrogen-bond donors (Lipinski definition) is 3. The number of amides is 2. The first-order chi connectivity index (χ1) is 7.74. The van der Waals surface area contributed by atoms with E-state index in [-0.39, 0.29) is 5.69 Å². The lowest BCUT2D eigenvalue weighted by Crippen LogP contribution is -2.34. The van der Waals surface area contributed by atoms with Gasteiger partial charge in [0.05, 0.1) is 5.69 Å². The highest BCUT2D eigenvalue weighted by Crippen LogP contribution is 2.11. The number of rotatable bonds is 5. The van der Waals surface area contributed by atoms with Crippen molar-refractivity contribution >= 4 is 11.7 Å². The number of nitrogens with one attached hydrogen (secondary N) is 3. The molecule has 0 aliphatic rings. The first-order valence-electron chi connectivity index (χ1n) is 5.24. The van der Waals surface area contributed by atoms with Gasteiger partial charge in [0.1, 0.15) is 5.82 Å². The van der Waals surface area contributed by atoms with Crippen molar-refractivity contribution in [2.75, 3.05) is 25.0 Å². The summed E-state index contributed by atoms with van der Waals surface area (Å²) in [5.41, 5.74) is 0.184. The highest BCUT2D eigenvalue weighted by molar-refractivity contribution is 5.89. The van der Waals surface area contributed by atoms with Crippen LogP contribution in [0.1, 0.15) is 6.92 Å². The molecule has 5 heteroatoms. The third-order valence-corrected chi connectivity index (χ3v) is 1.96. The lowest BCUT2D eigenvalue weighted by molar-refractivity contribution is 0.252. The maximum atomic E-state index is 13.1. The van der Waals surface area contributed by atoms with E-state index in [0.29, 0.717) is 13.1 Å². The van der Waals surface area contributed by atoms with Crippen molar-refractivity contribution in [2.45, 2.75) is 6.92 Å². The quantitative estimate of drug-likeness (QED) is 0.666. The van der Waals surface area contributed by atoms with E-state index in [1.807, 2.05) is 6.92 Å². The Bertz CT molecular complexity index is 344. The lowest BCUT2D eigenvalue weighted by Gasteiger charge is -2.08. The Hall–Kier alpha value is -1.62. The number of carbonyl (C=O) groups is 1. The monoisotopic (exact) mass is 225 g/mol. The standard InChI is InChI=1S/C11H16FN3O/c1-2-13-7-8-14-11(16)15-10-6-4-3-5-9(10)12/h3-6,13H,2,7-8H2,1H3,(H2,14,15,16). The smallest absolute Gasteiger partial charge is 0.319 e. The van der Waals surface area contributed by atoms with Gasteiger partial charge in [-0.1, -0.05) is 19.1 Å². The molecule has 0 aliphatic carbocycles. The summed E-state index contributed by atoms with van der Waals surface area (Å²) in [7, 11) is 0. The Kier molecular flexibility index (Phi) is 5.28. The summed E-state index contributed by atoms with van der Waals surface area (Å²) in [4.78, 5) is 11.3. The minimum atomic E-state index is -0.440. The first kappa shape index (κ1) is 12.4. The number of halogens is 1. The molecule has 2 amide bonds. The molecule has 0 bridgehead atoms. The number of anilines is 1. The molecular formula is C11H16FN3O. The maximum Gasteiger partial charge on any atom is 0.319 e. The van der Waals surface area contributed by atoms with Crippen LogP contribution in [0.4, 0.5) is 14.9 Å². The number of hydrogen-bond acceptors (Lipinski definition) is 2. The van der Waals surface area contributed by atoms with Crippen LogP contribution in [-0.4, -0.2) is 25.7 Å². The molecule has 0 spiro atoms. The molecule has 0 unspecified atom stereocenters. The normalized spacial score (nSPS) is 9.88. The molecular weight excluding hydrogens is 209 g/mol. The minimum Gasteiger partial charge on any atom is -0.337 e. The summed E-state index contributed by atoms with van der Waals surface area (Å²) in [5, 5.41) is 8.11. The molecule has 0 aromatic heterocycles. The Labute approximate surface area is 94.2 Å². The Morgan fingerprint density at radius 1 is 1.31 bits per heavy atom. The van der Waals surface area contributed by atoms with Gasteiger partial charge in [-0.2, -0.15) is 0 Å². The van der Waals surface area contributed by atoms with Crippen LogP contribution in [0.3, 0.4) is 0 Å². The van der Waals surface area contributed by atoms with Crippen molar-refractivity contribution in [3.8, 4) is 0 Å². The molecule has 0 aliphatic heterocycles. The topological polar surface area (TPSA) is 53.2 Å². The van der Waals surface area contributed by atoms with Crippen molar-refractivity contribution < 1.29 is 9.18 Å². The van der Waals surface area contributed by atoms with Gasteiger partial charge in [-0.05, 0) is 18.7 Å². The molecule has 16 heavy (non-hydrogen) atoms. The number of likely N-dealkylation sites (N-methyl/N-ethyl adjacent to an activating group) is 1. The summed E-state index contributed by atoms with van der Waals surface area (Å²) in [6.45, 7) is 4.05. The Morgan fingerprint density at radius 3 is 2.75 bits per heavy atom. The van der Waals surface area contributed by atoms with Gasteiger partial charge in [0.25, 0.3) is 0 Å². The minimum absolute atomic E-state index is 0.184. The van der Waals surface area contributed by atoms with Crippen LogP contribution in [0, 0.1) is 5.82 Å². The summed E-state index contributed by atoms with van der Waals surface area (Å²) in [6.07, 6.45) is 0. The van der Waals surface area contributed by atoms with Gasteiger partial charge in [-0.25, -0.2) is 9.18 Å². The van der Waals surface area contributed by atoms with Gasteiger partial charge in [-0.15, -0.1) is 0 Å². The van der Waals surface area contributed by atoms with E-state index in [4.69, 9.17) is 0 Å². The van der Waals surface area contributed by atoms with Crippen LogP contribution in [0.5, 0.6) is 0 Å². The zero-order chi connectivity index (χ0) is 11.8. The van der Waals surface area contributed by atoms with Crippen LogP contribution in [-0.2, 0) is 0 Å². The maximum absolute atomic E-state index is 13.1. The van der Waals surface area contributed by atoms with Crippen molar-refractivity contribution in [3.63, 3.8) is 0 Å². The lowest BCUT2D eigenvalue weighted by atomic mass is 10.3.